The molecule has 7 heteroatoms. The van der Waals surface area contributed by atoms with Crippen molar-refractivity contribution >= 4 is 12.0 Å². The molecule has 1 saturated heterocycles. The van der Waals surface area contributed by atoms with Gasteiger partial charge in [-0.3, -0.25) is 0 Å². The molecular formula is C11H21N3O4. The molecule has 2 amide bonds. The summed E-state index contributed by atoms with van der Waals surface area (Å²) in [5, 5.41) is 23.3. The number of urea groups is 1. The molecule has 1 rings (SSSR count). The minimum atomic E-state index is -1.13. The number of aliphatic carboxylic acids is 1. The van der Waals surface area contributed by atoms with Crippen molar-refractivity contribution in [3.05, 3.63) is 0 Å². The number of hydrogen-bond donors (Lipinski definition) is 4. The van der Waals surface area contributed by atoms with Crippen molar-refractivity contribution in [2.45, 2.75) is 31.3 Å². The minimum Gasteiger partial charge on any atom is -0.480 e. The van der Waals surface area contributed by atoms with Gasteiger partial charge in [0, 0.05) is 26.1 Å². The van der Waals surface area contributed by atoms with Crippen LogP contribution in [0.2, 0.25) is 0 Å². The highest BCUT2D eigenvalue weighted by atomic mass is 16.4. The summed E-state index contributed by atoms with van der Waals surface area (Å²) in [7, 11) is 1.67. The Bertz CT molecular complexity index is 292. The van der Waals surface area contributed by atoms with E-state index in [4.69, 9.17) is 10.2 Å². The highest BCUT2D eigenvalue weighted by Crippen LogP contribution is 2.10. The van der Waals surface area contributed by atoms with Crippen molar-refractivity contribution in [1.29, 1.82) is 0 Å². The Balaban J connectivity index is 2.48. The van der Waals surface area contributed by atoms with Gasteiger partial charge in [-0.25, -0.2) is 9.59 Å². The fourth-order valence-electron chi connectivity index (χ4n) is 2.00. The summed E-state index contributed by atoms with van der Waals surface area (Å²) in [4.78, 5) is 24.3. The number of amides is 2. The third-order valence-corrected chi connectivity index (χ3v) is 3.19. The van der Waals surface area contributed by atoms with Crippen LogP contribution in [-0.4, -0.2) is 65.9 Å². The smallest absolute Gasteiger partial charge is 0.326 e. The maximum atomic E-state index is 11.9. The zero-order valence-corrected chi connectivity index (χ0v) is 10.6. The average Bonchev–Trinajstić information content (AvgIpc) is 2.38. The molecule has 0 aliphatic carbocycles. The van der Waals surface area contributed by atoms with Crippen LogP contribution in [0.1, 0.15) is 19.3 Å². The highest BCUT2D eigenvalue weighted by molar-refractivity contribution is 5.82. The van der Waals surface area contributed by atoms with Gasteiger partial charge in [0.05, 0.1) is 0 Å². The van der Waals surface area contributed by atoms with Crippen LogP contribution in [0.3, 0.4) is 0 Å². The highest BCUT2D eigenvalue weighted by Gasteiger charge is 2.25. The van der Waals surface area contributed by atoms with Crippen molar-refractivity contribution in [2.24, 2.45) is 0 Å². The lowest BCUT2D eigenvalue weighted by molar-refractivity contribution is -0.139. The number of aliphatic hydroxyl groups is 1. The van der Waals surface area contributed by atoms with Gasteiger partial charge >= 0.3 is 12.0 Å². The molecule has 104 valence electrons. The lowest BCUT2D eigenvalue weighted by Crippen LogP contribution is -2.52. The van der Waals surface area contributed by atoms with Crippen LogP contribution in [0.5, 0.6) is 0 Å². The van der Waals surface area contributed by atoms with Crippen LogP contribution in [0.4, 0.5) is 4.79 Å². The van der Waals surface area contributed by atoms with E-state index in [-0.39, 0.29) is 19.1 Å². The number of carboxylic acids is 1. The van der Waals surface area contributed by atoms with Gasteiger partial charge in [-0.05, 0) is 25.9 Å². The summed E-state index contributed by atoms with van der Waals surface area (Å²) in [5.74, 6) is -1.13. The maximum Gasteiger partial charge on any atom is 0.326 e. The van der Waals surface area contributed by atoms with Crippen LogP contribution in [0.25, 0.3) is 0 Å². The number of carboxylic acid groups (broad SMARTS) is 1. The number of carbonyl (C=O) groups excluding carboxylic acids is 1. The zero-order chi connectivity index (χ0) is 13.5. The number of rotatable bonds is 5. The molecule has 7 nitrogen and oxygen atoms in total. The second-order valence-corrected chi connectivity index (χ2v) is 4.44. The van der Waals surface area contributed by atoms with Crippen molar-refractivity contribution in [3.63, 3.8) is 0 Å². The van der Waals surface area contributed by atoms with E-state index < -0.39 is 18.0 Å². The Morgan fingerprint density at radius 3 is 2.56 bits per heavy atom. The average molecular weight is 259 g/mol. The SMILES string of the molecule is CN(C(=O)N[C@@H](CCO)C(=O)O)C1CCNCC1. The Morgan fingerprint density at radius 1 is 1.44 bits per heavy atom. The third-order valence-electron chi connectivity index (χ3n) is 3.19. The molecule has 1 aliphatic heterocycles. The van der Waals surface area contributed by atoms with Gasteiger partial charge in [0.2, 0.25) is 0 Å². The van der Waals surface area contributed by atoms with E-state index in [1.165, 1.54) is 0 Å². The Labute approximate surface area is 106 Å². The van der Waals surface area contributed by atoms with Gasteiger partial charge in [-0.15, -0.1) is 0 Å². The maximum absolute atomic E-state index is 11.9. The summed E-state index contributed by atoms with van der Waals surface area (Å²) in [6.07, 6.45) is 1.74. The summed E-state index contributed by atoms with van der Waals surface area (Å²) in [6, 6.07) is -1.30. The number of carbonyl (C=O) groups is 2. The van der Waals surface area contributed by atoms with E-state index in [1.807, 2.05) is 0 Å². The van der Waals surface area contributed by atoms with Crippen LogP contribution in [0, 0.1) is 0 Å². The van der Waals surface area contributed by atoms with E-state index in [0.29, 0.717) is 0 Å². The lowest BCUT2D eigenvalue weighted by Gasteiger charge is -2.32. The van der Waals surface area contributed by atoms with E-state index in [1.54, 1.807) is 11.9 Å². The molecule has 0 aromatic carbocycles. The van der Waals surface area contributed by atoms with Crippen LogP contribution in [0.15, 0.2) is 0 Å². The summed E-state index contributed by atoms with van der Waals surface area (Å²) in [5.41, 5.74) is 0. The van der Waals surface area contributed by atoms with E-state index in [0.717, 1.165) is 25.9 Å². The molecule has 0 aromatic rings. The molecule has 1 heterocycles. The predicted molar refractivity (Wildman–Crippen MR) is 65.3 cm³/mol. The van der Waals surface area contributed by atoms with Crippen LogP contribution >= 0.6 is 0 Å². The van der Waals surface area contributed by atoms with E-state index >= 15 is 0 Å². The normalized spacial score (nSPS) is 18.1. The molecule has 1 aliphatic rings. The van der Waals surface area contributed by atoms with Gasteiger partial charge in [-0.1, -0.05) is 0 Å². The standard InChI is InChI=1S/C11H21N3O4/c1-14(8-2-5-12-6-3-8)11(18)13-9(4-7-15)10(16)17/h8-9,12,15H,2-7H2,1H3,(H,13,18)(H,16,17)/t9-/m0/s1. The largest absolute Gasteiger partial charge is 0.480 e. The molecule has 4 N–H and O–H groups in total. The quantitative estimate of drug-likeness (QED) is 0.518. The first-order valence-corrected chi connectivity index (χ1v) is 6.14. The summed E-state index contributed by atoms with van der Waals surface area (Å²) in [6.45, 7) is 1.46. The zero-order valence-electron chi connectivity index (χ0n) is 10.6. The molecule has 0 unspecified atom stereocenters. The van der Waals surface area contributed by atoms with Crippen LogP contribution < -0.4 is 10.6 Å². The number of nitrogens with zero attached hydrogens (tertiary/aromatic N) is 1. The summed E-state index contributed by atoms with van der Waals surface area (Å²) < 4.78 is 0. The molecule has 18 heavy (non-hydrogen) atoms. The van der Waals surface area contributed by atoms with Crippen molar-refractivity contribution in [2.75, 3.05) is 26.7 Å². The van der Waals surface area contributed by atoms with Gasteiger partial charge < -0.3 is 25.7 Å². The fourth-order valence-corrected chi connectivity index (χ4v) is 2.00. The summed E-state index contributed by atoms with van der Waals surface area (Å²) >= 11 is 0. The first-order chi connectivity index (χ1) is 8.56. The number of aliphatic hydroxyl groups excluding tert-OH is 1. The van der Waals surface area contributed by atoms with Gasteiger partial charge in [-0.2, -0.15) is 0 Å². The second kappa shape index (κ2) is 7.17. The molecule has 0 aromatic heterocycles. The first-order valence-electron chi connectivity index (χ1n) is 6.14. The second-order valence-electron chi connectivity index (χ2n) is 4.44. The predicted octanol–water partition coefficient (Wildman–Crippen LogP) is -0.785. The van der Waals surface area contributed by atoms with Crippen molar-refractivity contribution in [3.8, 4) is 0 Å². The molecule has 1 fully saturated rings. The molecule has 0 spiro atoms. The van der Waals surface area contributed by atoms with Gasteiger partial charge in [0.1, 0.15) is 6.04 Å². The van der Waals surface area contributed by atoms with E-state index in [9.17, 15) is 9.59 Å². The molecule has 0 radical (unpaired) electrons. The van der Waals surface area contributed by atoms with E-state index in [2.05, 4.69) is 10.6 Å². The van der Waals surface area contributed by atoms with Crippen molar-refractivity contribution in [1.82, 2.24) is 15.5 Å². The molecular weight excluding hydrogens is 238 g/mol. The number of hydrogen-bond acceptors (Lipinski definition) is 4. The first kappa shape index (κ1) is 14.7. The van der Waals surface area contributed by atoms with Gasteiger partial charge in [0.25, 0.3) is 0 Å². The Hall–Kier alpha value is -1.34. The van der Waals surface area contributed by atoms with Gasteiger partial charge in [0.15, 0.2) is 0 Å². The third kappa shape index (κ3) is 4.15. The Kier molecular flexibility index (Phi) is 5.87. The molecule has 0 bridgehead atoms. The number of piperidine rings is 1. The Morgan fingerprint density at radius 2 is 2.06 bits per heavy atom. The number of nitrogens with one attached hydrogen (secondary N) is 2. The van der Waals surface area contributed by atoms with Crippen LogP contribution in [-0.2, 0) is 4.79 Å². The van der Waals surface area contributed by atoms with Crippen molar-refractivity contribution < 1.29 is 19.8 Å². The molecule has 1 atom stereocenters. The lowest BCUT2D eigenvalue weighted by atomic mass is 10.1. The molecule has 0 saturated carbocycles. The monoisotopic (exact) mass is 259 g/mol. The fraction of sp³-hybridized carbons (Fsp3) is 0.818. The minimum absolute atomic E-state index is 0.0150. The topological polar surface area (TPSA) is 102 Å².